The van der Waals surface area contributed by atoms with E-state index < -0.39 is 5.91 Å². The zero-order chi connectivity index (χ0) is 22.3. The zero-order valence-corrected chi connectivity index (χ0v) is 18.5. The van der Waals surface area contributed by atoms with Crippen molar-refractivity contribution < 1.29 is 14.0 Å². The first kappa shape index (κ1) is 23.5. The number of rotatable bonds is 4. The largest absolute Gasteiger partial charge is 0.358 e. The lowest BCUT2D eigenvalue weighted by Gasteiger charge is -2.13. The van der Waals surface area contributed by atoms with Crippen LogP contribution in [0.5, 0.6) is 0 Å². The van der Waals surface area contributed by atoms with Crippen LogP contribution in [0.3, 0.4) is 0 Å². The molecule has 2 amide bonds. The van der Waals surface area contributed by atoms with Gasteiger partial charge in [-0.3, -0.25) is 9.59 Å². The predicted molar refractivity (Wildman–Crippen MR) is 116 cm³/mol. The van der Waals surface area contributed by atoms with Gasteiger partial charge in [-0.25, -0.2) is 9.37 Å². The van der Waals surface area contributed by atoms with E-state index in [-0.39, 0.29) is 24.0 Å². The van der Waals surface area contributed by atoms with Crippen LogP contribution >= 0.6 is 0 Å². The summed E-state index contributed by atoms with van der Waals surface area (Å²) in [6, 6.07) is 4.99. The molecule has 3 rings (SSSR count). The van der Waals surface area contributed by atoms with Crippen molar-refractivity contribution in [3.8, 4) is 11.4 Å². The molecule has 0 aliphatic carbocycles. The van der Waals surface area contributed by atoms with E-state index in [9.17, 15) is 14.0 Å². The number of nitrogens with zero attached hydrogens (tertiary/aromatic N) is 3. The van der Waals surface area contributed by atoms with E-state index in [1.807, 2.05) is 24.6 Å². The molecule has 8 heteroatoms. The summed E-state index contributed by atoms with van der Waals surface area (Å²) in [6.07, 6.45) is 2.12. The number of carbonyl (C=O) groups excluding carboxylic acids is 2. The van der Waals surface area contributed by atoms with E-state index in [0.29, 0.717) is 24.5 Å². The van der Waals surface area contributed by atoms with Gasteiger partial charge in [-0.2, -0.15) is 0 Å². The number of nitrogens with one attached hydrogen (secondary N) is 2. The SMILES string of the molecule is CCC.CNC(=O)CNC(=O)c1nc(-c2ccc(C)cc2F)n2c1CN(C)CCC2. The van der Waals surface area contributed by atoms with Gasteiger partial charge in [-0.05, 0) is 44.6 Å². The number of imidazole rings is 1. The number of likely N-dealkylation sites (N-methyl/N-ethyl adjacent to an activating group) is 1. The molecule has 7 nitrogen and oxygen atoms in total. The Hall–Kier alpha value is -2.74. The standard InChI is InChI=1S/C19H24FN5O2.C3H8/c1-12-5-6-13(14(20)9-12)18-23-17(19(27)22-10-16(26)21-2)15-11-24(3)7-4-8-25(15)18;1-3-2/h5-6,9H,4,7-8,10-11H2,1-3H3,(H,21,26)(H,22,27);3H2,1-2H3. The van der Waals surface area contributed by atoms with Gasteiger partial charge in [0.05, 0.1) is 17.8 Å². The highest BCUT2D eigenvalue weighted by Crippen LogP contribution is 2.28. The van der Waals surface area contributed by atoms with Gasteiger partial charge in [-0.1, -0.05) is 26.3 Å². The second kappa shape index (κ2) is 10.9. The summed E-state index contributed by atoms with van der Waals surface area (Å²) < 4.78 is 16.5. The second-order valence-corrected chi connectivity index (χ2v) is 7.52. The summed E-state index contributed by atoms with van der Waals surface area (Å²) in [7, 11) is 3.48. The summed E-state index contributed by atoms with van der Waals surface area (Å²) >= 11 is 0. The van der Waals surface area contributed by atoms with Crippen LogP contribution in [0.15, 0.2) is 18.2 Å². The molecule has 2 heterocycles. The first-order chi connectivity index (χ1) is 14.3. The third kappa shape index (κ3) is 5.66. The lowest BCUT2D eigenvalue weighted by molar-refractivity contribution is -0.119. The minimum atomic E-state index is -0.434. The lowest BCUT2D eigenvalue weighted by atomic mass is 10.1. The topological polar surface area (TPSA) is 79.3 Å². The maximum atomic E-state index is 14.6. The van der Waals surface area contributed by atoms with Crippen molar-refractivity contribution >= 4 is 11.8 Å². The van der Waals surface area contributed by atoms with E-state index >= 15 is 0 Å². The molecule has 0 spiro atoms. The van der Waals surface area contributed by atoms with Crippen LogP contribution in [-0.2, 0) is 17.9 Å². The number of aryl methyl sites for hydroxylation is 1. The van der Waals surface area contributed by atoms with Crippen LogP contribution in [0, 0.1) is 12.7 Å². The van der Waals surface area contributed by atoms with Crippen molar-refractivity contribution in [3.05, 3.63) is 41.0 Å². The molecule has 1 aliphatic heterocycles. The number of hydrogen-bond acceptors (Lipinski definition) is 4. The van der Waals surface area contributed by atoms with Crippen LogP contribution in [0.2, 0.25) is 0 Å². The highest BCUT2D eigenvalue weighted by Gasteiger charge is 2.27. The summed E-state index contributed by atoms with van der Waals surface area (Å²) in [5, 5.41) is 5.04. The summed E-state index contributed by atoms with van der Waals surface area (Å²) in [5.41, 5.74) is 2.17. The van der Waals surface area contributed by atoms with Crippen LogP contribution in [0.25, 0.3) is 11.4 Å². The van der Waals surface area contributed by atoms with Gasteiger partial charge in [0, 0.05) is 20.1 Å². The Bertz CT molecular complexity index is 894. The van der Waals surface area contributed by atoms with Crippen molar-refractivity contribution in [1.29, 1.82) is 0 Å². The fourth-order valence-electron chi connectivity index (χ4n) is 3.24. The van der Waals surface area contributed by atoms with Crippen molar-refractivity contribution in [2.45, 2.75) is 46.7 Å². The molecule has 1 aromatic heterocycles. The maximum Gasteiger partial charge on any atom is 0.272 e. The van der Waals surface area contributed by atoms with Crippen molar-refractivity contribution in [1.82, 2.24) is 25.1 Å². The monoisotopic (exact) mass is 417 g/mol. The number of carbonyl (C=O) groups is 2. The Morgan fingerprint density at radius 2 is 1.93 bits per heavy atom. The Kier molecular flexibility index (Phi) is 8.53. The minimum absolute atomic E-state index is 0.133. The van der Waals surface area contributed by atoms with Gasteiger partial charge in [0.1, 0.15) is 11.6 Å². The quantitative estimate of drug-likeness (QED) is 0.802. The number of halogens is 1. The highest BCUT2D eigenvalue weighted by atomic mass is 19.1. The van der Waals surface area contributed by atoms with Crippen LogP contribution in [0.1, 0.15) is 48.4 Å². The van der Waals surface area contributed by atoms with E-state index in [1.54, 1.807) is 6.07 Å². The minimum Gasteiger partial charge on any atom is -0.358 e. The maximum absolute atomic E-state index is 14.6. The fraction of sp³-hybridized carbons (Fsp3) is 0.500. The first-order valence-corrected chi connectivity index (χ1v) is 10.4. The van der Waals surface area contributed by atoms with E-state index in [2.05, 4.69) is 34.4 Å². The van der Waals surface area contributed by atoms with Gasteiger partial charge < -0.3 is 20.1 Å². The van der Waals surface area contributed by atoms with Crippen molar-refractivity contribution in [3.63, 3.8) is 0 Å². The zero-order valence-electron chi connectivity index (χ0n) is 18.5. The van der Waals surface area contributed by atoms with E-state index in [0.717, 1.165) is 24.2 Å². The van der Waals surface area contributed by atoms with Crippen LogP contribution in [0.4, 0.5) is 4.39 Å². The van der Waals surface area contributed by atoms with E-state index in [1.165, 1.54) is 19.5 Å². The molecule has 164 valence electrons. The van der Waals surface area contributed by atoms with Gasteiger partial charge in [0.15, 0.2) is 5.69 Å². The normalized spacial score (nSPS) is 13.5. The molecule has 0 unspecified atom stereocenters. The number of benzene rings is 1. The molecule has 0 fully saturated rings. The second-order valence-electron chi connectivity index (χ2n) is 7.52. The van der Waals surface area contributed by atoms with Crippen LogP contribution < -0.4 is 10.6 Å². The van der Waals surface area contributed by atoms with Crippen LogP contribution in [-0.4, -0.2) is 53.5 Å². The van der Waals surface area contributed by atoms with Gasteiger partial charge in [-0.15, -0.1) is 0 Å². The highest BCUT2D eigenvalue weighted by molar-refractivity contribution is 5.96. The predicted octanol–water partition coefficient (Wildman–Crippen LogP) is 2.73. The van der Waals surface area contributed by atoms with Crippen molar-refractivity contribution in [2.75, 3.05) is 27.2 Å². The molecule has 2 aromatic rings. The number of hydrogen-bond donors (Lipinski definition) is 2. The molecule has 1 aliphatic rings. The lowest BCUT2D eigenvalue weighted by Crippen LogP contribution is -2.36. The Morgan fingerprint density at radius 3 is 2.57 bits per heavy atom. The molecule has 2 N–H and O–H groups in total. The first-order valence-electron chi connectivity index (χ1n) is 10.4. The van der Waals surface area contributed by atoms with Gasteiger partial charge in [0.2, 0.25) is 5.91 Å². The molecular formula is C22H32FN5O2. The van der Waals surface area contributed by atoms with Gasteiger partial charge >= 0.3 is 0 Å². The molecule has 0 bridgehead atoms. The van der Waals surface area contributed by atoms with Gasteiger partial charge in [0.25, 0.3) is 5.91 Å². The Morgan fingerprint density at radius 1 is 1.23 bits per heavy atom. The molecule has 0 radical (unpaired) electrons. The molecule has 0 saturated heterocycles. The molecular weight excluding hydrogens is 385 g/mol. The molecule has 0 atom stereocenters. The smallest absolute Gasteiger partial charge is 0.272 e. The molecule has 0 saturated carbocycles. The number of aromatic nitrogens is 2. The van der Waals surface area contributed by atoms with Crippen molar-refractivity contribution in [2.24, 2.45) is 0 Å². The third-order valence-corrected chi connectivity index (χ3v) is 4.68. The third-order valence-electron chi connectivity index (χ3n) is 4.68. The average molecular weight is 418 g/mol. The Labute approximate surface area is 177 Å². The number of fused-ring (bicyclic) bond motifs is 1. The van der Waals surface area contributed by atoms with E-state index in [4.69, 9.17) is 0 Å². The summed E-state index contributed by atoms with van der Waals surface area (Å²) in [6.45, 7) is 8.00. The number of amides is 2. The molecule has 30 heavy (non-hydrogen) atoms. The summed E-state index contributed by atoms with van der Waals surface area (Å²) in [4.78, 5) is 30.7. The summed E-state index contributed by atoms with van der Waals surface area (Å²) in [5.74, 6) is -0.646. The fourth-order valence-corrected chi connectivity index (χ4v) is 3.24. The average Bonchev–Trinajstić information content (AvgIpc) is 2.92. The molecule has 1 aromatic carbocycles. The Balaban J connectivity index is 0.00000101.